The molecule has 0 bridgehead atoms. The summed E-state index contributed by atoms with van der Waals surface area (Å²) in [6.45, 7) is 0. The van der Waals surface area contributed by atoms with Gasteiger partial charge in [0.05, 0.1) is 5.71 Å². The molecule has 0 saturated carbocycles. The summed E-state index contributed by atoms with van der Waals surface area (Å²) in [6.07, 6.45) is 8.83. The fourth-order valence-corrected chi connectivity index (χ4v) is 1.18. The molecule has 0 aromatic rings. The van der Waals surface area contributed by atoms with Gasteiger partial charge in [-0.2, -0.15) is 5.26 Å². The maximum Gasteiger partial charge on any atom is 0.141 e. The largest absolute Gasteiger partial charge is 0.237 e. The van der Waals surface area contributed by atoms with Crippen molar-refractivity contribution in [3.63, 3.8) is 0 Å². The Morgan fingerprint density at radius 1 is 1.55 bits per heavy atom. The van der Waals surface area contributed by atoms with Gasteiger partial charge in [0.1, 0.15) is 11.8 Å². The van der Waals surface area contributed by atoms with E-state index in [-0.39, 0.29) is 0 Å². The third-order valence-electron chi connectivity index (χ3n) is 1.69. The van der Waals surface area contributed by atoms with E-state index in [1.54, 1.807) is 0 Å². The molecule has 11 heavy (non-hydrogen) atoms. The summed E-state index contributed by atoms with van der Waals surface area (Å²) in [6, 6.07) is 2.02. The Kier molecular flexibility index (Phi) is 1.23. The fraction of sp³-hybridized carbons (Fsp3) is 0.111. The van der Waals surface area contributed by atoms with E-state index in [1.165, 1.54) is 0 Å². The Hall–Kier alpha value is -1.62. The van der Waals surface area contributed by atoms with Crippen LogP contribution < -0.4 is 0 Å². The summed E-state index contributed by atoms with van der Waals surface area (Å²) in [5.41, 5.74) is 2.52. The van der Waals surface area contributed by atoms with Crippen molar-refractivity contribution in [2.75, 3.05) is 0 Å². The Balaban J connectivity index is 2.45. The first kappa shape index (κ1) is 6.11. The quantitative estimate of drug-likeness (QED) is 0.507. The van der Waals surface area contributed by atoms with Gasteiger partial charge in [0, 0.05) is 0 Å². The topological polar surface area (TPSA) is 36.1 Å². The molecular formula is C9H6N2. The highest BCUT2D eigenvalue weighted by Crippen LogP contribution is 2.19. The molecule has 2 heteroatoms. The van der Waals surface area contributed by atoms with Gasteiger partial charge >= 0.3 is 0 Å². The van der Waals surface area contributed by atoms with E-state index in [4.69, 9.17) is 5.26 Å². The zero-order chi connectivity index (χ0) is 7.68. The number of nitriles is 1. The summed E-state index contributed by atoms with van der Waals surface area (Å²) in [5.74, 6) is 0. The van der Waals surface area contributed by atoms with Crippen LogP contribution in [0.3, 0.4) is 0 Å². The van der Waals surface area contributed by atoms with Crippen LogP contribution in [0.25, 0.3) is 0 Å². The van der Waals surface area contributed by atoms with Crippen LogP contribution in [-0.2, 0) is 0 Å². The lowest BCUT2D eigenvalue weighted by Crippen LogP contribution is -1.95. The van der Waals surface area contributed by atoms with Crippen molar-refractivity contribution in [1.29, 1.82) is 5.26 Å². The molecule has 0 atom stereocenters. The predicted molar refractivity (Wildman–Crippen MR) is 43.0 cm³/mol. The molecule has 0 radical (unpaired) electrons. The molecule has 52 valence electrons. The highest BCUT2D eigenvalue weighted by Gasteiger charge is 2.12. The molecule has 1 aliphatic carbocycles. The standard InChI is InChI=1S/C9H6N2/c10-6-8-5-7-3-1-2-4-9(7)11-8/h2-5H,1H2. The van der Waals surface area contributed by atoms with Gasteiger partial charge in [0.15, 0.2) is 0 Å². The highest BCUT2D eigenvalue weighted by atomic mass is 14.8. The van der Waals surface area contributed by atoms with Gasteiger partial charge in [-0.25, -0.2) is 4.99 Å². The van der Waals surface area contributed by atoms with Crippen molar-refractivity contribution in [2.45, 2.75) is 6.42 Å². The van der Waals surface area contributed by atoms with Crippen molar-refractivity contribution in [1.82, 2.24) is 0 Å². The molecule has 0 fully saturated rings. The van der Waals surface area contributed by atoms with Crippen LogP contribution in [0.4, 0.5) is 0 Å². The van der Waals surface area contributed by atoms with Crippen molar-refractivity contribution in [3.8, 4) is 6.07 Å². The zero-order valence-electron chi connectivity index (χ0n) is 5.91. The van der Waals surface area contributed by atoms with Crippen LogP contribution in [0.5, 0.6) is 0 Å². The second kappa shape index (κ2) is 2.21. The van der Waals surface area contributed by atoms with Crippen LogP contribution in [-0.4, -0.2) is 5.71 Å². The number of aliphatic imine (C=N–C) groups is 1. The Labute approximate surface area is 64.9 Å². The van der Waals surface area contributed by atoms with Gasteiger partial charge < -0.3 is 0 Å². The third kappa shape index (κ3) is 0.908. The van der Waals surface area contributed by atoms with Crippen LogP contribution in [0.2, 0.25) is 0 Å². The first-order chi connectivity index (χ1) is 5.40. The van der Waals surface area contributed by atoms with Crippen LogP contribution in [0.15, 0.2) is 40.6 Å². The highest BCUT2D eigenvalue weighted by molar-refractivity contribution is 6.13. The average molecular weight is 142 g/mol. The first-order valence-corrected chi connectivity index (χ1v) is 3.48. The van der Waals surface area contributed by atoms with Crippen LogP contribution in [0, 0.1) is 11.3 Å². The lowest BCUT2D eigenvalue weighted by molar-refractivity contribution is 1.36. The Bertz CT molecular complexity index is 348. The van der Waals surface area contributed by atoms with Crippen molar-refractivity contribution < 1.29 is 0 Å². The molecule has 2 nitrogen and oxygen atoms in total. The first-order valence-electron chi connectivity index (χ1n) is 3.48. The molecule has 0 aromatic carbocycles. The van der Waals surface area contributed by atoms with Gasteiger partial charge in [0.25, 0.3) is 0 Å². The second-order valence-electron chi connectivity index (χ2n) is 2.44. The van der Waals surface area contributed by atoms with Crippen molar-refractivity contribution >= 4 is 5.71 Å². The van der Waals surface area contributed by atoms with Gasteiger partial charge in [-0.05, 0) is 24.1 Å². The third-order valence-corrected chi connectivity index (χ3v) is 1.69. The minimum absolute atomic E-state index is 0.512. The Morgan fingerprint density at radius 3 is 3.18 bits per heavy atom. The van der Waals surface area contributed by atoms with Gasteiger partial charge in [0.2, 0.25) is 0 Å². The molecule has 0 unspecified atom stereocenters. The van der Waals surface area contributed by atoms with Crippen molar-refractivity contribution in [2.24, 2.45) is 4.99 Å². The molecular weight excluding hydrogens is 136 g/mol. The summed E-state index contributed by atoms with van der Waals surface area (Å²) >= 11 is 0. The minimum Gasteiger partial charge on any atom is -0.237 e. The number of fused-ring (bicyclic) bond motifs is 1. The summed E-state index contributed by atoms with van der Waals surface area (Å²) in [5, 5.41) is 8.54. The number of allylic oxidation sites excluding steroid dienone is 6. The van der Waals surface area contributed by atoms with Gasteiger partial charge in [-0.1, -0.05) is 12.2 Å². The molecule has 1 heterocycles. The lowest BCUT2D eigenvalue weighted by atomic mass is 10.1. The molecule has 1 aliphatic heterocycles. The zero-order valence-corrected chi connectivity index (χ0v) is 5.91. The summed E-state index contributed by atoms with van der Waals surface area (Å²) < 4.78 is 0. The van der Waals surface area contributed by atoms with E-state index in [2.05, 4.69) is 11.1 Å². The molecule has 2 rings (SSSR count). The molecule has 0 aromatic heterocycles. The Morgan fingerprint density at radius 2 is 2.45 bits per heavy atom. The molecule has 0 N–H and O–H groups in total. The minimum atomic E-state index is 0.512. The van der Waals surface area contributed by atoms with Crippen LogP contribution in [0.1, 0.15) is 6.42 Å². The van der Waals surface area contributed by atoms with E-state index < -0.39 is 0 Å². The average Bonchev–Trinajstić information content (AvgIpc) is 2.46. The summed E-state index contributed by atoms with van der Waals surface area (Å²) in [7, 11) is 0. The second-order valence-corrected chi connectivity index (χ2v) is 2.44. The SMILES string of the molecule is N#CC1=CC2=CCC=CC2=N1. The number of hydrogen-bond acceptors (Lipinski definition) is 2. The van der Waals surface area contributed by atoms with Gasteiger partial charge in [-0.3, -0.25) is 0 Å². The van der Waals surface area contributed by atoms with E-state index in [1.807, 2.05) is 24.3 Å². The van der Waals surface area contributed by atoms with E-state index >= 15 is 0 Å². The van der Waals surface area contributed by atoms with Gasteiger partial charge in [-0.15, -0.1) is 0 Å². The van der Waals surface area contributed by atoms with Crippen molar-refractivity contribution in [3.05, 3.63) is 35.6 Å². The smallest absolute Gasteiger partial charge is 0.141 e. The molecule has 2 aliphatic rings. The number of rotatable bonds is 0. The number of nitrogens with zero attached hydrogens (tertiary/aromatic N) is 2. The maximum atomic E-state index is 8.54. The predicted octanol–water partition coefficient (Wildman–Crippen LogP) is 1.73. The summed E-state index contributed by atoms with van der Waals surface area (Å²) in [4.78, 5) is 4.09. The maximum absolute atomic E-state index is 8.54. The van der Waals surface area contributed by atoms with E-state index in [9.17, 15) is 0 Å². The fourth-order valence-electron chi connectivity index (χ4n) is 1.18. The molecule has 0 saturated heterocycles. The van der Waals surface area contributed by atoms with E-state index in [0.717, 1.165) is 17.7 Å². The molecule has 0 spiro atoms. The number of hydrogen-bond donors (Lipinski definition) is 0. The monoisotopic (exact) mass is 142 g/mol. The molecule has 0 amide bonds. The van der Waals surface area contributed by atoms with E-state index in [0.29, 0.717) is 5.70 Å². The van der Waals surface area contributed by atoms with Crippen LogP contribution >= 0.6 is 0 Å². The normalized spacial score (nSPS) is 19.7. The lowest BCUT2D eigenvalue weighted by Gasteiger charge is -1.99.